The summed E-state index contributed by atoms with van der Waals surface area (Å²) in [5.74, 6) is -0.332. The van der Waals surface area contributed by atoms with Gasteiger partial charge in [0.1, 0.15) is 0 Å². The van der Waals surface area contributed by atoms with E-state index >= 15 is 0 Å². The lowest BCUT2D eigenvalue weighted by Gasteiger charge is -2.11. The molecule has 3 N–H and O–H groups in total. The molecular formula is C13H17Cl2N3OS. The van der Waals surface area contributed by atoms with Crippen molar-refractivity contribution in [2.24, 2.45) is 0 Å². The van der Waals surface area contributed by atoms with Gasteiger partial charge in [0, 0.05) is 12.1 Å². The Labute approximate surface area is 134 Å². The number of halogens is 2. The Hall–Kier alpha value is -1.04. The van der Waals surface area contributed by atoms with Crippen LogP contribution in [0.5, 0.6) is 0 Å². The number of carbonyl (C=O) groups is 1. The van der Waals surface area contributed by atoms with Crippen LogP contribution >= 0.6 is 35.4 Å². The molecule has 0 aliphatic carbocycles. The Bertz CT molecular complexity index is 483. The van der Waals surface area contributed by atoms with Crippen molar-refractivity contribution in [2.75, 3.05) is 6.54 Å². The molecule has 0 aromatic heterocycles. The minimum absolute atomic E-state index is 0.332. The lowest BCUT2D eigenvalue weighted by molar-refractivity contribution is 0.0943. The van der Waals surface area contributed by atoms with Crippen molar-refractivity contribution >= 4 is 46.4 Å². The lowest BCUT2D eigenvalue weighted by atomic mass is 10.2. The molecule has 1 aromatic carbocycles. The van der Waals surface area contributed by atoms with E-state index in [1.54, 1.807) is 12.1 Å². The standard InChI is InChI=1S/C13H17Cl2N3OS/c1-2-3-4-7-16-13(20)18-17-12(19)9-5-6-10(14)11(15)8-9/h5-6,8H,2-4,7H2,1H3,(H,17,19)(H2,16,18,20). The number of benzene rings is 1. The van der Waals surface area contributed by atoms with E-state index in [0.29, 0.717) is 20.7 Å². The Morgan fingerprint density at radius 1 is 1.20 bits per heavy atom. The van der Waals surface area contributed by atoms with Gasteiger partial charge in [-0.2, -0.15) is 0 Å². The molecule has 0 radical (unpaired) electrons. The maximum atomic E-state index is 11.8. The fourth-order valence-corrected chi connectivity index (χ4v) is 1.90. The van der Waals surface area contributed by atoms with Crippen molar-refractivity contribution < 1.29 is 4.79 Å². The van der Waals surface area contributed by atoms with Crippen molar-refractivity contribution in [1.82, 2.24) is 16.2 Å². The predicted molar refractivity (Wildman–Crippen MR) is 87.2 cm³/mol. The molecule has 0 heterocycles. The van der Waals surface area contributed by atoms with Crippen molar-refractivity contribution in [1.29, 1.82) is 0 Å². The summed E-state index contributed by atoms with van der Waals surface area (Å²) in [6.45, 7) is 2.91. The first-order valence-electron chi connectivity index (χ1n) is 6.33. The second-order valence-electron chi connectivity index (χ2n) is 4.17. The molecule has 0 aliphatic rings. The molecule has 0 saturated carbocycles. The molecule has 0 fully saturated rings. The first kappa shape index (κ1) is 17.0. The molecule has 0 saturated heterocycles. The zero-order valence-corrected chi connectivity index (χ0v) is 13.5. The van der Waals surface area contributed by atoms with E-state index in [9.17, 15) is 4.79 Å². The van der Waals surface area contributed by atoms with E-state index in [4.69, 9.17) is 35.4 Å². The fourth-order valence-electron chi connectivity index (χ4n) is 1.44. The second-order valence-corrected chi connectivity index (χ2v) is 5.39. The van der Waals surface area contributed by atoms with Gasteiger partial charge < -0.3 is 5.32 Å². The third-order valence-electron chi connectivity index (χ3n) is 2.54. The Kier molecular flexibility index (Phi) is 7.65. The largest absolute Gasteiger partial charge is 0.361 e. The number of thiocarbonyl (C=S) groups is 1. The molecule has 1 amide bonds. The van der Waals surface area contributed by atoms with E-state index < -0.39 is 0 Å². The Morgan fingerprint density at radius 2 is 1.95 bits per heavy atom. The molecule has 0 aliphatic heterocycles. The SMILES string of the molecule is CCCCCNC(=S)NNC(=O)c1ccc(Cl)c(Cl)c1. The maximum absolute atomic E-state index is 11.8. The van der Waals surface area contributed by atoms with Crippen LogP contribution in [0.4, 0.5) is 0 Å². The third-order valence-corrected chi connectivity index (χ3v) is 3.52. The lowest BCUT2D eigenvalue weighted by Crippen LogP contribution is -2.46. The molecule has 20 heavy (non-hydrogen) atoms. The fraction of sp³-hybridized carbons (Fsp3) is 0.385. The van der Waals surface area contributed by atoms with E-state index in [2.05, 4.69) is 23.1 Å². The highest BCUT2D eigenvalue weighted by Crippen LogP contribution is 2.22. The molecule has 1 aromatic rings. The predicted octanol–water partition coefficient (Wildman–Crippen LogP) is 3.29. The summed E-state index contributed by atoms with van der Waals surface area (Å²) >= 11 is 16.7. The van der Waals surface area contributed by atoms with Crippen molar-refractivity contribution in [3.05, 3.63) is 33.8 Å². The average molecular weight is 334 g/mol. The highest BCUT2D eigenvalue weighted by molar-refractivity contribution is 7.80. The van der Waals surface area contributed by atoms with E-state index in [-0.39, 0.29) is 5.91 Å². The van der Waals surface area contributed by atoms with Gasteiger partial charge in [-0.3, -0.25) is 15.6 Å². The molecule has 4 nitrogen and oxygen atoms in total. The van der Waals surface area contributed by atoms with Gasteiger partial charge >= 0.3 is 0 Å². The average Bonchev–Trinajstić information content (AvgIpc) is 2.44. The first-order valence-corrected chi connectivity index (χ1v) is 7.50. The maximum Gasteiger partial charge on any atom is 0.269 e. The smallest absolute Gasteiger partial charge is 0.269 e. The summed E-state index contributed by atoms with van der Waals surface area (Å²) in [6, 6.07) is 4.65. The second kappa shape index (κ2) is 9.00. The number of rotatable bonds is 5. The number of hydrogen-bond acceptors (Lipinski definition) is 2. The van der Waals surface area contributed by atoms with Gasteiger partial charge in [0.2, 0.25) is 0 Å². The normalized spacial score (nSPS) is 9.95. The number of carbonyl (C=O) groups excluding carboxylic acids is 1. The molecule has 0 unspecified atom stereocenters. The summed E-state index contributed by atoms with van der Waals surface area (Å²) in [7, 11) is 0. The highest BCUT2D eigenvalue weighted by Gasteiger charge is 2.08. The Morgan fingerprint density at radius 3 is 2.60 bits per heavy atom. The van der Waals surface area contributed by atoms with Crippen LogP contribution in [-0.2, 0) is 0 Å². The molecule has 0 bridgehead atoms. The van der Waals surface area contributed by atoms with Gasteiger partial charge in [-0.1, -0.05) is 43.0 Å². The summed E-state index contributed by atoms with van der Waals surface area (Å²) in [5.41, 5.74) is 5.53. The molecular weight excluding hydrogens is 317 g/mol. The zero-order valence-electron chi connectivity index (χ0n) is 11.1. The van der Waals surface area contributed by atoms with Gasteiger partial charge in [-0.05, 0) is 36.8 Å². The summed E-state index contributed by atoms with van der Waals surface area (Å²) in [4.78, 5) is 11.8. The number of amides is 1. The van der Waals surface area contributed by atoms with Crippen molar-refractivity contribution in [2.45, 2.75) is 26.2 Å². The number of unbranched alkanes of at least 4 members (excludes halogenated alkanes) is 2. The number of hydrogen-bond donors (Lipinski definition) is 3. The minimum Gasteiger partial charge on any atom is -0.361 e. The number of nitrogens with one attached hydrogen (secondary N) is 3. The van der Waals surface area contributed by atoms with Crippen LogP contribution in [-0.4, -0.2) is 17.6 Å². The summed E-state index contributed by atoms with van der Waals surface area (Å²) in [6.07, 6.45) is 3.33. The van der Waals surface area contributed by atoms with E-state index in [1.165, 1.54) is 6.07 Å². The zero-order chi connectivity index (χ0) is 15.0. The highest BCUT2D eigenvalue weighted by atomic mass is 35.5. The molecule has 0 spiro atoms. The Balaban J connectivity index is 2.35. The summed E-state index contributed by atoms with van der Waals surface area (Å²) in [5, 5.41) is 4.13. The third kappa shape index (κ3) is 5.94. The van der Waals surface area contributed by atoms with Crippen LogP contribution in [0.25, 0.3) is 0 Å². The van der Waals surface area contributed by atoms with Gasteiger partial charge in [0.15, 0.2) is 5.11 Å². The topological polar surface area (TPSA) is 53.2 Å². The molecule has 7 heteroatoms. The van der Waals surface area contributed by atoms with E-state index in [1.807, 2.05) is 0 Å². The van der Waals surface area contributed by atoms with Crippen molar-refractivity contribution in [3.8, 4) is 0 Å². The van der Waals surface area contributed by atoms with Gasteiger partial charge in [-0.25, -0.2) is 0 Å². The van der Waals surface area contributed by atoms with Crippen LogP contribution in [0.3, 0.4) is 0 Å². The van der Waals surface area contributed by atoms with Gasteiger partial charge in [0.05, 0.1) is 10.0 Å². The molecule has 110 valence electrons. The van der Waals surface area contributed by atoms with Crippen LogP contribution in [0.1, 0.15) is 36.5 Å². The van der Waals surface area contributed by atoms with Crippen LogP contribution in [0.2, 0.25) is 10.0 Å². The van der Waals surface area contributed by atoms with Crippen LogP contribution in [0.15, 0.2) is 18.2 Å². The minimum atomic E-state index is -0.332. The molecule has 1 rings (SSSR count). The van der Waals surface area contributed by atoms with Crippen molar-refractivity contribution in [3.63, 3.8) is 0 Å². The van der Waals surface area contributed by atoms with Gasteiger partial charge in [0.25, 0.3) is 5.91 Å². The molecule has 0 atom stereocenters. The number of hydrazine groups is 1. The quantitative estimate of drug-likeness (QED) is 0.439. The van der Waals surface area contributed by atoms with E-state index in [0.717, 1.165) is 25.8 Å². The van der Waals surface area contributed by atoms with Gasteiger partial charge in [-0.15, -0.1) is 0 Å². The first-order chi connectivity index (χ1) is 9.54. The monoisotopic (exact) mass is 333 g/mol. The summed E-state index contributed by atoms with van der Waals surface area (Å²) < 4.78 is 0. The van der Waals surface area contributed by atoms with Crippen LogP contribution in [0, 0.1) is 0 Å². The van der Waals surface area contributed by atoms with Crippen LogP contribution < -0.4 is 16.2 Å².